The van der Waals surface area contributed by atoms with Crippen LogP contribution in [-0.2, 0) is 10.2 Å². The summed E-state index contributed by atoms with van der Waals surface area (Å²) in [7, 11) is 1.63. The third-order valence-corrected chi connectivity index (χ3v) is 9.64. The fraction of sp³-hybridized carbons (Fsp3) is 0.222. The molecule has 0 fully saturated rings. The minimum absolute atomic E-state index is 0.00590. The molecule has 10 heteroatoms. The van der Waals surface area contributed by atoms with Crippen LogP contribution >= 0.6 is 35.0 Å². The fourth-order valence-electron chi connectivity index (χ4n) is 5.38. The Labute approximate surface area is 283 Å². The Bertz CT molecular complexity index is 1890. The molecule has 0 radical (unpaired) electrons. The summed E-state index contributed by atoms with van der Waals surface area (Å²) >= 11 is 14.5. The summed E-state index contributed by atoms with van der Waals surface area (Å²) in [5, 5.41) is 16.8. The van der Waals surface area contributed by atoms with Crippen LogP contribution in [0.25, 0.3) is 17.1 Å². The standard InChI is InChI=1S/C36H33Cl2N5O2S/c1-36(2,3)26-17-13-25(14-18-26)34-39-40-35(42(34)30-12-8-11-28(37)33(30)38)46-22-32(44)43-31(24-15-19-27(45-4)20-16-24)21-29(41-43)23-9-6-5-7-10-23/h5-20,31H,21-22H2,1-4H3/t31-/m0/s1. The van der Waals surface area contributed by atoms with Crippen molar-refractivity contribution in [3.05, 3.63) is 124 Å². The number of hydrogen-bond acceptors (Lipinski definition) is 6. The fourth-order valence-corrected chi connectivity index (χ4v) is 6.55. The average Bonchev–Trinajstić information content (AvgIpc) is 3.70. The van der Waals surface area contributed by atoms with E-state index < -0.39 is 0 Å². The van der Waals surface area contributed by atoms with Gasteiger partial charge in [-0.15, -0.1) is 10.2 Å². The molecule has 0 spiro atoms. The number of carbonyl (C=O) groups excluding carboxylic acids is 1. The van der Waals surface area contributed by atoms with Crippen molar-refractivity contribution in [3.8, 4) is 22.8 Å². The van der Waals surface area contributed by atoms with Gasteiger partial charge in [0.2, 0.25) is 0 Å². The van der Waals surface area contributed by atoms with Crippen molar-refractivity contribution >= 4 is 46.6 Å². The van der Waals surface area contributed by atoms with Crippen molar-refractivity contribution in [2.45, 2.75) is 43.8 Å². The lowest BCUT2D eigenvalue weighted by atomic mass is 9.87. The Morgan fingerprint density at radius 2 is 1.61 bits per heavy atom. The van der Waals surface area contributed by atoms with Crippen molar-refractivity contribution < 1.29 is 9.53 Å². The molecule has 1 aromatic heterocycles. The average molecular weight is 671 g/mol. The Balaban J connectivity index is 1.33. The molecule has 46 heavy (non-hydrogen) atoms. The lowest BCUT2D eigenvalue weighted by Crippen LogP contribution is -2.28. The van der Waals surface area contributed by atoms with E-state index >= 15 is 0 Å². The predicted molar refractivity (Wildman–Crippen MR) is 186 cm³/mol. The molecule has 1 amide bonds. The van der Waals surface area contributed by atoms with E-state index in [1.165, 1.54) is 17.3 Å². The first kappa shape index (κ1) is 31.9. The van der Waals surface area contributed by atoms with E-state index in [0.717, 1.165) is 28.2 Å². The molecule has 7 nitrogen and oxygen atoms in total. The smallest absolute Gasteiger partial charge is 0.253 e. The van der Waals surface area contributed by atoms with Crippen LogP contribution in [-0.4, -0.2) is 44.3 Å². The number of benzene rings is 4. The normalized spacial score (nSPS) is 14.8. The van der Waals surface area contributed by atoms with Crippen LogP contribution in [0.3, 0.4) is 0 Å². The van der Waals surface area contributed by atoms with Gasteiger partial charge in [0.05, 0.1) is 40.3 Å². The molecule has 0 saturated heterocycles. The predicted octanol–water partition coefficient (Wildman–Crippen LogP) is 9.02. The van der Waals surface area contributed by atoms with Crippen molar-refractivity contribution in [1.29, 1.82) is 0 Å². The summed E-state index contributed by atoms with van der Waals surface area (Å²) in [6.07, 6.45) is 0.593. The molecule has 5 aromatic rings. The highest BCUT2D eigenvalue weighted by molar-refractivity contribution is 7.99. The van der Waals surface area contributed by atoms with Gasteiger partial charge in [0.1, 0.15) is 5.75 Å². The molecular formula is C36H33Cl2N5O2S. The molecule has 1 atom stereocenters. The number of aromatic nitrogens is 3. The number of amides is 1. The van der Waals surface area contributed by atoms with Crippen molar-refractivity contribution in [3.63, 3.8) is 0 Å². The Morgan fingerprint density at radius 3 is 2.28 bits per heavy atom. The number of halogens is 2. The molecule has 0 N–H and O–H groups in total. The number of hydrogen-bond donors (Lipinski definition) is 0. The number of thioether (sulfide) groups is 1. The zero-order valence-corrected chi connectivity index (χ0v) is 28.3. The Morgan fingerprint density at radius 1 is 0.891 bits per heavy atom. The SMILES string of the molecule is COc1ccc([C@@H]2CC(c3ccccc3)=NN2C(=O)CSc2nnc(-c3ccc(C(C)(C)C)cc3)n2-c2cccc(Cl)c2Cl)cc1. The highest BCUT2D eigenvalue weighted by atomic mass is 35.5. The van der Waals surface area contributed by atoms with Crippen LogP contribution in [0.2, 0.25) is 10.0 Å². The van der Waals surface area contributed by atoms with E-state index in [4.69, 9.17) is 33.0 Å². The maximum atomic E-state index is 13.9. The number of nitrogens with zero attached hydrogens (tertiary/aromatic N) is 5. The summed E-state index contributed by atoms with van der Waals surface area (Å²) in [4.78, 5) is 13.9. The van der Waals surface area contributed by atoms with Crippen molar-refractivity contribution in [2.75, 3.05) is 12.9 Å². The van der Waals surface area contributed by atoms with Crippen LogP contribution in [0.1, 0.15) is 49.9 Å². The van der Waals surface area contributed by atoms with E-state index in [1.807, 2.05) is 83.4 Å². The largest absolute Gasteiger partial charge is 0.497 e. The highest BCUT2D eigenvalue weighted by Gasteiger charge is 2.33. The maximum absolute atomic E-state index is 13.9. The Kier molecular flexibility index (Phi) is 9.22. The van der Waals surface area contributed by atoms with E-state index in [0.29, 0.717) is 33.1 Å². The first-order valence-electron chi connectivity index (χ1n) is 14.9. The second-order valence-electron chi connectivity index (χ2n) is 12.0. The first-order valence-corrected chi connectivity index (χ1v) is 16.6. The lowest BCUT2D eigenvalue weighted by molar-refractivity contribution is -0.130. The highest BCUT2D eigenvalue weighted by Crippen LogP contribution is 2.37. The third-order valence-electron chi connectivity index (χ3n) is 7.91. The van der Waals surface area contributed by atoms with Crippen LogP contribution in [0.5, 0.6) is 5.75 Å². The van der Waals surface area contributed by atoms with Gasteiger partial charge in [0.15, 0.2) is 11.0 Å². The zero-order valence-electron chi connectivity index (χ0n) is 25.9. The van der Waals surface area contributed by atoms with Gasteiger partial charge < -0.3 is 4.74 Å². The van der Waals surface area contributed by atoms with Gasteiger partial charge in [-0.1, -0.05) is 129 Å². The van der Waals surface area contributed by atoms with E-state index in [9.17, 15) is 4.79 Å². The number of ether oxygens (including phenoxy) is 1. The van der Waals surface area contributed by atoms with E-state index in [2.05, 4.69) is 43.1 Å². The van der Waals surface area contributed by atoms with Gasteiger partial charge in [-0.3, -0.25) is 9.36 Å². The van der Waals surface area contributed by atoms with E-state index in [1.54, 1.807) is 18.2 Å². The maximum Gasteiger partial charge on any atom is 0.253 e. The van der Waals surface area contributed by atoms with Crippen LogP contribution < -0.4 is 4.74 Å². The lowest BCUT2D eigenvalue weighted by Gasteiger charge is -2.22. The number of carbonyl (C=O) groups is 1. The van der Waals surface area contributed by atoms with Crippen LogP contribution in [0.4, 0.5) is 0 Å². The monoisotopic (exact) mass is 669 g/mol. The quantitative estimate of drug-likeness (QED) is 0.154. The summed E-state index contributed by atoms with van der Waals surface area (Å²) in [6, 6.07) is 31.1. The van der Waals surface area contributed by atoms with Gasteiger partial charge in [-0.2, -0.15) is 5.10 Å². The molecule has 1 aliphatic rings. The Hall–Kier alpha value is -4.11. The number of methoxy groups -OCH3 is 1. The molecule has 0 aliphatic carbocycles. The zero-order chi connectivity index (χ0) is 32.4. The first-order chi connectivity index (χ1) is 22.1. The molecule has 4 aromatic carbocycles. The molecular weight excluding hydrogens is 637 g/mol. The van der Waals surface area contributed by atoms with Gasteiger partial charge in [-0.25, -0.2) is 5.01 Å². The van der Waals surface area contributed by atoms with Gasteiger partial charge in [0.25, 0.3) is 5.91 Å². The van der Waals surface area contributed by atoms with Gasteiger partial charge in [-0.05, 0) is 46.4 Å². The number of hydrazone groups is 1. The molecule has 2 heterocycles. The van der Waals surface area contributed by atoms with E-state index in [-0.39, 0.29) is 23.1 Å². The summed E-state index contributed by atoms with van der Waals surface area (Å²) < 4.78 is 7.22. The van der Waals surface area contributed by atoms with Gasteiger partial charge in [0, 0.05) is 12.0 Å². The minimum Gasteiger partial charge on any atom is -0.497 e. The second-order valence-corrected chi connectivity index (χ2v) is 13.7. The third kappa shape index (κ3) is 6.56. The minimum atomic E-state index is -0.258. The molecule has 0 unspecified atom stereocenters. The molecule has 0 bridgehead atoms. The van der Waals surface area contributed by atoms with Crippen molar-refractivity contribution in [2.24, 2.45) is 5.10 Å². The van der Waals surface area contributed by atoms with Crippen molar-refractivity contribution in [1.82, 2.24) is 19.8 Å². The van der Waals surface area contributed by atoms with Crippen LogP contribution in [0, 0.1) is 0 Å². The second kappa shape index (κ2) is 13.3. The molecule has 1 aliphatic heterocycles. The summed E-state index contributed by atoms with van der Waals surface area (Å²) in [5.41, 5.74) is 5.53. The number of rotatable bonds is 8. The molecule has 0 saturated carbocycles. The molecule has 234 valence electrons. The van der Waals surface area contributed by atoms with Crippen LogP contribution in [0.15, 0.2) is 107 Å². The van der Waals surface area contributed by atoms with Gasteiger partial charge >= 0.3 is 0 Å². The molecule has 6 rings (SSSR count). The summed E-state index contributed by atoms with van der Waals surface area (Å²) in [6.45, 7) is 6.53. The summed E-state index contributed by atoms with van der Waals surface area (Å²) in [5.74, 6) is 1.28. The topological polar surface area (TPSA) is 72.6 Å².